The molecule has 1 atom stereocenters. The summed E-state index contributed by atoms with van der Waals surface area (Å²) < 4.78 is 32.5. The number of carbonyl (C=O) groups is 1. The lowest BCUT2D eigenvalue weighted by atomic mass is 9.84. The molecule has 3 N–H and O–H groups in total. The number of halogens is 1. The number of sulfonamides is 1. The molecule has 1 aromatic rings. The zero-order valence-electron chi connectivity index (χ0n) is 13.0. The molecule has 1 unspecified atom stereocenters. The number of hydrogen-bond acceptors (Lipinski definition) is 6. The molecule has 0 amide bonds. The van der Waals surface area contributed by atoms with Gasteiger partial charge in [0, 0.05) is 12.6 Å². The number of nitrogens with two attached hydrogens (primary N) is 1. The Morgan fingerprint density at radius 3 is 2.65 bits per heavy atom. The van der Waals surface area contributed by atoms with Gasteiger partial charge >= 0.3 is 5.97 Å². The minimum Gasteiger partial charge on any atom is -0.465 e. The summed E-state index contributed by atoms with van der Waals surface area (Å²) in [4.78, 5) is 11.7. The van der Waals surface area contributed by atoms with E-state index in [0.717, 1.165) is 37.0 Å². The van der Waals surface area contributed by atoms with Crippen LogP contribution in [-0.2, 0) is 14.8 Å². The van der Waals surface area contributed by atoms with Crippen LogP contribution in [0.5, 0.6) is 0 Å². The summed E-state index contributed by atoms with van der Waals surface area (Å²) >= 11 is 1.05. The van der Waals surface area contributed by atoms with E-state index in [1.807, 2.05) is 0 Å². The maximum atomic E-state index is 12.6. The van der Waals surface area contributed by atoms with Gasteiger partial charge in [-0.2, -0.15) is 0 Å². The monoisotopic (exact) mass is 382 g/mol. The molecule has 132 valence electrons. The van der Waals surface area contributed by atoms with E-state index in [-0.39, 0.29) is 40.7 Å². The van der Waals surface area contributed by atoms with Crippen molar-refractivity contribution in [3.8, 4) is 0 Å². The van der Waals surface area contributed by atoms with E-state index in [0.29, 0.717) is 0 Å². The molecule has 1 fully saturated rings. The van der Waals surface area contributed by atoms with Crippen molar-refractivity contribution in [3.05, 3.63) is 16.3 Å². The van der Waals surface area contributed by atoms with Crippen LogP contribution in [0.3, 0.4) is 0 Å². The molecule has 23 heavy (non-hydrogen) atoms. The SMILES string of the molecule is COC(=O)c1sccc1S(=O)(=O)NC(CN)C1CCCCC1.Cl. The van der Waals surface area contributed by atoms with E-state index in [9.17, 15) is 13.2 Å². The summed E-state index contributed by atoms with van der Waals surface area (Å²) in [5.41, 5.74) is 5.77. The molecule has 1 aliphatic carbocycles. The Morgan fingerprint density at radius 1 is 1.43 bits per heavy atom. The predicted molar refractivity (Wildman–Crippen MR) is 92.6 cm³/mol. The van der Waals surface area contributed by atoms with Crippen LogP contribution < -0.4 is 10.5 Å². The van der Waals surface area contributed by atoms with Crippen molar-refractivity contribution in [1.29, 1.82) is 0 Å². The van der Waals surface area contributed by atoms with Crippen LogP contribution in [0.1, 0.15) is 41.8 Å². The van der Waals surface area contributed by atoms with E-state index in [1.54, 1.807) is 5.38 Å². The van der Waals surface area contributed by atoms with Gasteiger partial charge < -0.3 is 10.5 Å². The maximum Gasteiger partial charge on any atom is 0.349 e. The topological polar surface area (TPSA) is 98.5 Å². The first-order chi connectivity index (χ1) is 10.5. The fourth-order valence-electron chi connectivity index (χ4n) is 2.89. The number of rotatable bonds is 6. The Hall–Kier alpha value is -0.670. The molecule has 0 bridgehead atoms. The maximum absolute atomic E-state index is 12.6. The molecule has 0 saturated heterocycles. The molecule has 0 radical (unpaired) electrons. The summed E-state index contributed by atoms with van der Waals surface area (Å²) in [6.07, 6.45) is 5.37. The van der Waals surface area contributed by atoms with Crippen LogP contribution in [0.2, 0.25) is 0 Å². The van der Waals surface area contributed by atoms with Crippen molar-refractivity contribution in [2.45, 2.75) is 43.0 Å². The predicted octanol–water partition coefficient (Wildman–Crippen LogP) is 2.14. The number of nitrogens with one attached hydrogen (secondary N) is 1. The number of ether oxygens (including phenoxy) is 1. The molecule has 1 aliphatic rings. The van der Waals surface area contributed by atoms with Crippen LogP contribution in [0.25, 0.3) is 0 Å². The Labute approximate surface area is 147 Å². The minimum absolute atomic E-state index is 0. The zero-order valence-corrected chi connectivity index (χ0v) is 15.4. The zero-order chi connectivity index (χ0) is 16.2. The molecule has 1 saturated carbocycles. The first-order valence-corrected chi connectivity index (χ1v) is 9.74. The average Bonchev–Trinajstić information content (AvgIpc) is 3.03. The van der Waals surface area contributed by atoms with Crippen LogP contribution in [0, 0.1) is 5.92 Å². The third-order valence-corrected chi connectivity index (χ3v) is 6.62. The van der Waals surface area contributed by atoms with E-state index in [2.05, 4.69) is 9.46 Å². The van der Waals surface area contributed by atoms with Crippen molar-refractivity contribution in [1.82, 2.24) is 4.72 Å². The fraction of sp³-hybridized carbons (Fsp3) is 0.643. The van der Waals surface area contributed by atoms with Crippen molar-refractivity contribution < 1.29 is 17.9 Å². The number of esters is 1. The molecule has 1 aromatic heterocycles. The lowest BCUT2D eigenvalue weighted by Crippen LogP contribution is -2.45. The second-order valence-electron chi connectivity index (χ2n) is 5.47. The standard InChI is InChI=1S/C14H22N2O4S2.ClH/c1-20-14(17)13-12(7-8-21-13)22(18,19)16-11(9-15)10-5-3-2-4-6-10;/h7-8,10-11,16H,2-6,9,15H2,1H3;1H. The lowest BCUT2D eigenvalue weighted by molar-refractivity contribution is 0.0602. The van der Waals surface area contributed by atoms with E-state index < -0.39 is 16.0 Å². The molecule has 2 rings (SSSR count). The van der Waals surface area contributed by atoms with Gasteiger partial charge in [-0.15, -0.1) is 23.7 Å². The molecule has 0 aromatic carbocycles. The van der Waals surface area contributed by atoms with Gasteiger partial charge in [-0.1, -0.05) is 19.3 Å². The van der Waals surface area contributed by atoms with Crippen molar-refractivity contribution in [2.24, 2.45) is 11.7 Å². The highest BCUT2D eigenvalue weighted by Gasteiger charge is 2.30. The Morgan fingerprint density at radius 2 is 2.09 bits per heavy atom. The second-order valence-corrected chi connectivity index (χ2v) is 8.07. The van der Waals surface area contributed by atoms with Crippen LogP contribution in [-0.4, -0.2) is 34.1 Å². The second kappa shape index (κ2) is 8.98. The average molecular weight is 383 g/mol. The van der Waals surface area contributed by atoms with E-state index >= 15 is 0 Å². The van der Waals surface area contributed by atoms with Gasteiger partial charge in [-0.3, -0.25) is 0 Å². The van der Waals surface area contributed by atoms with E-state index in [1.165, 1.54) is 19.6 Å². The molecular formula is C14H23ClN2O4S2. The summed E-state index contributed by atoms with van der Waals surface area (Å²) in [6.45, 7) is 0.252. The summed E-state index contributed by atoms with van der Waals surface area (Å²) in [5.74, 6) is -0.383. The van der Waals surface area contributed by atoms with Gasteiger partial charge in [0.15, 0.2) is 0 Å². The molecule has 0 aliphatic heterocycles. The lowest BCUT2D eigenvalue weighted by Gasteiger charge is -2.29. The van der Waals surface area contributed by atoms with Crippen molar-refractivity contribution in [3.63, 3.8) is 0 Å². The first kappa shape index (κ1) is 20.4. The van der Waals surface area contributed by atoms with E-state index in [4.69, 9.17) is 5.73 Å². The minimum atomic E-state index is -3.78. The molecule has 9 heteroatoms. The quantitative estimate of drug-likeness (QED) is 0.734. The third kappa shape index (κ3) is 4.90. The van der Waals surface area contributed by atoms with Crippen molar-refractivity contribution in [2.75, 3.05) is 13.7 Å². The highest BCUT2D eigenvalue weighted by molar-refractivity contribution is 7.89. The summed E-state index contributed by atoms with van der Waals surface area (Å²) in [6, 6.07) is 1.13. The van der Waals surface area contributed by atoms with Gasteiger partial charge in [0.2, 0.25) is 10.0 Å². The number of carbonyl (C=O) groups excluding carboxylic acids is 1. The molecule has 6 nitrogen and oxygen atoms in total. The fourth-order valence-corrected chi connectivity index (χ4v) is 5.54. The highest BCUT2D eigenvalue weighted by atomic mass is 35.5. The van der Waals surface area contributed by atoms with Crippen LogP contribution in [0.4, 0.5) is 0 Å². The smallest absolute Gasteiger partial charge is 0.349 e. The molecular weight excluding hydrogens is 360 g/mol. The van der Waals surface area contributed by atoms with Gasteiger partial charge in [0.1, 0.15) is 9.77 Å². The molecule has 0 spiro atoms. The Bertz CT molecular complexity index is 612. The third-order valence-electron chi connectivity index (χ3n) is 4.07. The summed E-state index contributed by atoms with van der Waals surface area (Å²) in [7, 11) is -2.55. The largest absolute Gasteiger partial charge is 0.465 e. The van der Waals surface area contributed by atoms with Gasteiger partial charge in [-0.25, -0.2) is 17.9 Å². The van der Waals surface area contributed by atoms with Crippen LogP contribution in [0.15, 0.2) is 16.3 Å². The molecule has 1 heterocycles. The van der Waals surface area contributed by atoms with Gasteiger partial charge in [0.05, 0.1) is 7.11 Å². The van der Waals surface area contributed by atoms with Crippen molar-refractivity contribution >= 4 is 39.7 Å². The van der Waals surface area contributed by atoms with Gasteiger partial charge in [0.25, 0.3) is 0 Å². The normalized spacial score (nSPS) is 17.3. The number of thiophene rings is 1. The number of hydrogen-bond donors (Lipinski definition) is 2. The van der Waals surface area contributed by atoms with Crippen LogP contribution >= 0.6 is 23.7 Å². The first-order valence-electron chi connectivity index (χ1n) is 7.37. The van der Waals surface area contributed by atoms with Gasteiger partial charge in [-0.05, 0) is 30.2 Å². The highest BCUT2D eigenvalue weighted by Crippen LogP contribution is 2.28. The Balaban J connectivity index is 0.00000264. The number of methoxy groups -OCH3 is 1. The summed E-state index contributed by atoms with van der Waals surface area (Å²) in [5, 5.41) is 1.57. The Kier molecular flexibility index (Phi) is 7.96.